The zero-order valence-electron chi connectivity index (χ0n) is 15.6. The number of carbonyl (C=O) groups is 2. The molecule has 0 radical (unpaired) electrons. The molecular weight excluding hydrogens is 326 g/mol. The quantitative estimate of drug-likeness (QED) is 0.670. The number of hydrogen-bond acceptors (Lipinski definition) is 3. The number of benzene rings is 2. The van der Waals surface area contributed by atoms with Crippen molar-refractivity contribution in [3.05, 3.63) is 71.3 Å². The van der Waals surface area contributed by atoms with E-state index >= 15 is 0 Å². The van der Waals surface area contributed by atoms with Gasteiger partial charge in [0.25, 0.3) is 11.8 Å². The van der Waals surface area contributed by atoms with E-state index in [0.717, 1.165) is 12.0 Å². The monoisotopic (exact) mass is 353 g/mol. The second-order valence-electron chi connectivity index (χ2n) is 6.57. The molecule has 2 aromatic rings. The van der Waals surface area contributed by atoms with E-state index in [0.29, 0.717) is 11.5 Å². The lowest BCUT2D eigenvalue weighted by Crippen LogP contribution is -2.46. The van der Waals surface area contributed by atoms with Gasteiger partial charge in [0.2, 0.25) is 0 Å². The van der Waals surface area contributed by atoms with E-state index in [1.807, 2.05) is 6.07 Å². The minimum absolute atomic E-state index is 0.0662. The molecule has 0 heterocycles. The highest BCUT2D eigenvalue weighted by Crippen LogP contribution is 2.21. The normalized spacial score (nSPS) is 11.8. The largest absolute Gasteiger partial charge is 0.301 e. The predicted molar refractivity (Wildman–Crippen MR) is 103 cm³/mol. The number of hydrogen-bond donors (Lipinski definition) is 3. The number of nitrogens with one attached hydrogen (secondary N) is 3. The molecule has 5 heteroatoms. The molecule has 0 fully saturated rings. The lowest BCUT2D eigenvalue weighted by Gasteiger charge is -2.23. The van der Waals surface area contributed by atoms with Crippen molar-refractivity contribution >= 4 is 11.8 Å². The van der Waals surface area contributed by atoms with E-state index in [4.69, 9.17) is 0 Å². The van der Waals surface area contributed by atoms with E-state index in [1.54, 1.807) is 24.3 Å². The highest BCUT2D eigenvalue weighted by atomic mass is 16.2. The van der Waals surface area contributed by atoms with Crippen molar-refractivity contribution in [2.24, 2.45) is 5.92 Å². The van der Waals surface area contributed by atoms with Crippen LogP contribution in [-0.4, -0.2) is 18.4 Å². The molecule has 0 saturated carbocycles. The number of amides is 2. The Morgan fingerprint density at radius 2 is 1.58 bits per heavy atom. The summed E-state index contributed by atoms with van der Waals surface area (Å²) in [7, 11) is 0. The summed E-state index contributed by atoms with van der Waals surface area (Å²) >= 11 is 0. The average molecular weight is 353 g/mol. The molecule has 5 nitrogen and oxygen atoms in total. The van der Waals surface area contributed by atoms with Crippen molar-refractivity contribution in [1.82, 2.24) is 16.2 Å². The fraction of sp³-hybridized carbons (Fsp3) is 0.333. The van der Waals surface area contributed by atoms with E-state index in [1.165, 1.54) is 5.56 Å². The molecule has 0 bridgehead atoms. The smallest absolute Gasteiger partial charge is 0.269 e. The number of aryl methyl sites for hydroxylation is 1. The predicted octanol–water partition coefficient (Wildman–Crippen LogP) is 3.00. The van der Waals surface area contributed by atoms with E-state index in [9.17, 15) is 9.59 Å². The Kier molecular flexibility index (Phi) is 7.36. The average Bonchev–Trinajstić information content (AvgIpc) is 2.67. The number of rotatable bonds is 7. The van der Waals surface area contributed by atoms with Crippen LogP contribution < -0.4 is 16.2 Å². The summed E-state index contributed by atoms with van der Waals surface area (Å²) in [5, 5.41) is 3.27. The molecule has 3 N–H and O–H groups in total. The molecule has 0 spiro atoms. The van der Waals surface area contributed by atoms with Crippen LogP contribution in [0.3, 0.4) is 0 Å². The van der Waals surface area contributed by atoms with Gasteiger partial charge in [0, 0.05) is 11.6 Å². The fourth-order valence-corrected chi connectivity index (χ4v) is 2.73. The van der Waals surface area contributed by atoms with Crippen molar-refractivity contribution in [2.75, 3.05) is 6.54 Å². The molecule has 26 heavy (non-hydrogen) atoms. The van der Waals surface area contributed by atoms with Gasteiger partial charge in [-0.2, -0.15) is 0 Å². The maximum Gasteiger partial charge on any atom is 0.269 e. The van der Waals surface area contributed by atoms with E-state index in [2.05, 4.69) is 61.2 Å². The Bertz CT molecular complexity index is 712. The Hall–Kier alpha value is -2.66. The van der Waals surface area contributed by atoms with Crippen LogP contribution >= 0.6 is 0 Å². The first kappa shape index (κ1) is 19.7. The minimum Gasteiger partial charge on any atom is -0.301 e. The van der Waals surface area contributed by atoms with Crippen LogP contribution in [0.1, 0.15) is 48.3 Å². The third kappa shape index (κ3) is 5.70. The highest BCUT2D eigenvalue weighted by molar-refractivity contribution is 5.95. The van der Waals surface area contributed by atoms with Gasteiger partial charge in [-0.25, -0.2) is 0 Å². The van der Waals surface area contributed by atoms with Crippen molar-refractivity contribution in [1.29, 1.82) is 0 Å². The molecule has 138 valence electrons. The molecule has 0 aliphatic heterocycles. The van der Waals surface area contributed by atoms with Crippen molar-refractivity contribution in [3.8, 4) is 0 Å². The first-order chi connectivity index (χ1) is 12.5. The van der Waals surface area contributed by atoms with Crippen LogP contribution in [0.15, 0.2) is 54.6 Å². The molecule has 2 rings (SSSR count). The summed E-state index contributed by atoms with van der Waals surface area (Å²) in [4.78, 5) is 24.0. The first-order valence-electron chi connectivity index (χ1n) is 8.97. The summed E-state index contributed by atoms with van der Waals surface area (Å²) < 4.78 is 0. The summed E-state index contributed by atoms with van der Waals surface area (Å²) in [5.74, 6) is -0.297. The van der Waals surface area contributed by atoms with Crippen molar-refractivity contribution < 1.29 is 9.59 Å². The molecule has 0 aromatic heterocycles. The summed E-state index contributed by atoms with van der Waals surface area (Å²) in [5.41, 5.74) is 7.81. The van der Waals surface area contributed by atoms with Crippen molar-refractivity contribution in [3.63, 3.8) is 0 Å². The molecule has 1 atom stereocenters. The molecule has 2 amide bonds. The Balaban J connectivity index is 1.86. The topological polar surface area (TPSA) is 70.2 Å². The summed E-state index contributed by atoms with van der Waals surface area (Å²) in [6, 6.07) is 17.3. The second kappa shape index (κ2) is 9.73. The molecule has 2 aromatic carbocycles. The van der Waals surface area contributed by atoms with Gasteiger partial charge < -0.3 is 5.32 Å². The molecule has 0 unspecified atom stereocenters. The van der Waals surface area contributed by atoms with Gasteiger partial charge in [0.15, 0.2) is 0 Å². The highest BCUT2D eigenvalue weighted by Gasteiger charge is 2.16. The SMILES string of the molecule is CCc1ccc([C@H](NCC(=O)NNC(=O)c2ccccc2)C(C)C)cc1. The second-order valence-corrected chi connectivity index (χ2v) is 6.57. The Labute approximate surface area is 155 Å². The number of hydrazine groups is 1. The van der Waals surface area contributed by atoms with E-state index < -0.39 is 0 Å². The number of carbonyl (C=O) groups excluding carboxylic acids is 2. The molecular formula is C21H27N3O2. The fourth-order valence-electron chi connectivity index (χ4n) is 2.73. The van der Waals surface area contributed by atoms with Crippen molar-refractivity contribution in [2.45, 2.75) is 33.2 Å². The first-order valence-corrected chi connectivity index (χ1v) is 8.97. The zero-order chi connectivity index (χ0) is 18.9. The Morgan fingerprint density at radius 1 is 0.923 bits per heavy atom. The molecule has 0 saturated heterocycles. The minimum atomic E-state index is -0.338. The van der Waals surface area contributed by atoms with Gasteiger partial charge in [0.1, 0.15) is 0 Å². The van der Waals surface area contributed by atoms with Crippen LogP contribution in [0, 0.1) is 5.92 Å². The van der Waals surface area contributed by atoms with Gasteiger partial charge in [-0.1, -0.05) is 63.2 Å². The van der Waals surface area contributed by atoms with Gasteiger partial charge in [-0.15, -0.1) is 0 Å². The lowest BCUT2D eigenvalue weighted by molar-refractivity contribution is -0.121. The van der Waals surface area contributed by atoms with Gasteiger partial charge >= 0.3 is 0 Å². The summed E-state index contributed by atoms with van der Waals surface area (Å²) in [6.45, 7) is 6.47. The van der Waals surface area contributed by atoms with Crippen LogP contribution in [0.25, 0.3) is 0 Å². The van der Waals surface area contributed by atoms with Crippen LogP contribution in [0.4, 0.5) is 0 Å². The molecule has 0 aliphatic carbocycles. The third-order valence-corrected chi connectivity index (χ3v) is 4.25. The zero-order valence-corrected chi connectivity index (χ0v) is 15.6. The standard InChI is InChI=1S/C21H27N3O2/c1-4-16-10-12-17(13-11-16)20(15(2)3)22-14-19(25)23-24-21(26)18-8-6-5-7-9-18/h5-13,15,20,22H,4,14H2,1-3H3,(H,23,25)(H,24,26)/t20-/m1/s1. The maximum absolute atomic E-state index is 12.0. The summed E-state index contributed by atoms with van der Waals surface area (Å²) in [6.07, 6.45) is 1.00. The lowest BCUT2D eigenvalue weighted by atomic mass is 9.95. The molecule has 0 aliphatic rings. The van der Waals surface area contributed by atoms with E-state index in [-0.39, 0.29) is 24.4 Å². The van der Waals surface area contributed by atoms with Crippen LogP contribution in [-0.2, 0) is 11.2 Å². The van der Waals surface area contributed by atoms with Gasteiger partial charge in [-0.05, 0) is 35.6 Å². The van der Waals surface area contributed by atoms with Crippen LogP contribution in [0.5, 0.6) is 0 Å². The van der Waals surface area contributed by atoms with Gasteiger partial charge in [0.05, 0.1) is 6.54 Å². The van der Waals surface area contributed by atoms with Gasteiger partial charge in [-0.3, -0.25) is 20.4 Å². The maximum atomic E-state index is 12.0. The Morgan fingerprint density at radius 3 is 2.15 bits per heavy atom. The van der Waals surface area contributed by atoms with Crippen LogP contribution in [0.2, 0.25) is 0 Å². The third-order valence-electron chi connectivity index (χ3n) is 4.25.